The summed E-state index contributed by atoms with van der Waals surface area (Å²) in [7, 11) is 5.87. The summed E-state index contributed by atoms with van der Waals surface area (Å²) in [6, 6.07) is 3.83. The van der Waals surface area contributed by atoms with E-state index in [2.05, 4.69) is 10.00 Å². The average Bonchev–Trinajstić information content (AvgIpc) is 3.18. The zero-order valence-corrected chi connectivity index (χ0v) is 19.1. The van der Waals surface area contributed by atoms with Crippen LogP contribution in [0.1, 0.15) is 28.0 Å². The highest BCUT2D eigenvalue weighted by Gasteiger charge is 2.25. The number of aromatic nitrogens is 3. The van der Waals surface area contributed by atoms with Crippen LogP contribution in [0, 0.1) is 13.8 Å². The Hall–Kier alpha value is -1.67. The Morgan fingerprint density at radius 1 is 1.21 bits per heavy atom. The molecular weight excluding hydrogens is 417 g/mol. The van der Waals surface area contributed by atoms with Gasteiger partial charge >= 0.3 is 0 Å². The Bertz CT molecular complexity index is 943. The molecular formula is C19H25Cl2N5OS. The lowest BCUT2D eigenvalue weighted by molar-refractivity contribution is 0.0980. The quantitative estimate of drug-likeness (QED) is 0.571. The largest absolute Gasteiger partial charge is 0.309 e. The highest BCUT2D eigenvalue weighted by atomic mass is 35.5. The van der Waals surface area contributed by atoms with Gasteiger partial charge in [0.25, 0.3) is 5.91 Å². The predicted molar refractivity (Wildman–Crippen MR) is 119 cm³/mol. The van der Waals surface area contributed by atoms with E-state index in [1.807, 2.05) is 53.3 Å². The third kappa shape index (κ3) is 4.66. The number of thiazole rings is 1. The summed E-state index contributed by atoms with van der Waals surface area (Å²) in [5.74, 6) is -0.125. The second-order valence-electron chi connectivity index (χ2n) is 6.99. The maximum Gasteiger partial charge on any atom is 0.280 e. The molecule has 1 aromatic carbocycles. The number of rotatable bonds is 6. The number of carbonyl (C=O) groups excluding carboxylic acids is 1. The fourth-order valence-electron chi connectivity index (χ4n) is 2.98. The monoisotopic (exact) mass is 441 g/mol. The molecule has 0 bridgehead atoms. The van der Waals surface area contributed by atoms with Gasteiger partial charge < -0.3 is 4.90 Å². The Balaban J connectivity index is 0.00000280. The summed E-state index contributed by atoms with van der Waals surface area (Å²) in [5.41, 5.74) is 3.22. The molecule has 0 saturated heterocycles. The van der Waals surface area contributed by atoms with Crippen LogP contribution in [0.5, 0.6) is 0 Å². The molecule has 0 spiro atoms. The van der Waals surface area contributed by atoms with Crippen molar-refractivity contribution < 1.29 is 4.79 Å². The summed E-state index contributed by atoms with van der Waals surface area (Å²) in [4.78, 5) is 21.9. The maximum atomic E-state index is 13.3. The number of hydrogen-bond acceptors (Lipinski definition) is 5. The molecule has 152 valence electrons. The van der Waals surface area contributed by atoms with Gasteiger partial charge in [0.05, 0.1) is 15.2 Å². The van der Waals surface area contributed by atoms with Crippen LogP contribution in [-0.4, -0.2) is 52.8 Å². The first-order chi connectivity index (χ1) is 12.8. The molecule has 3 rings (SSSR count). The Kier molecular flexibility index (Phi) is 7.45. The minimum absolute atomic E-state index is 0. The van der Waals surface area contributed by atoms with Crippen LogP contribution >= 0.6 is 35.3 Å². The fraction of sp³-hybridized carbons (Fsp3) is 0.421. The summed E-state index contributed by atoms with van der Waals surface area (Å²) in [6.07, 6.45) is 2.69. The van der Waals surface area contributed by atoms with Gasteiger partial charge in [-0.15, -0.1) is 12.4 Å². The van der Waals surface area contributed by atoms with Crippen LogP contribution in [0.4, 0.5) is 5.13 Å². The highest BCUT2D eigenvalue weighted by molar-refractivity contribution is 7.23. The van der Waals surface area contributed by atoms with Gasteiger partial charge in [-0.1, -0.05) is 29.0 Å². The van der Waals surface area contributed by atoms with Gasteiger partial charge in [-0.3, -0.25) is 14.4 Å². The van der Waals surface area contributed by atoms with Gasteiger partial charge in [0.1, 0.15) is 0 Å². The Morgan fingerprint density at radius 3 is 2.50 bits per heavy atom. The first-order valence-corrected chi connectivity index (χ1v) is 10.00. The topological polar surface area (TPSA) is 54.3 Å². The number of amides is 1. The average molecular weight is 442 g/mol. The van der Waals surface area contributed by atoms with Crippen LogP contribution in [0.25, 0.3) is 10.2 Å². The van der Waals surface area contributed by atoms with Crippen molar-refractivity contribution in [2.24, 2.45) is 7.05 Å². The SMILES string of the molecule is Cc1cn(C)nc1C(=O)N(CCCN(C)C)c1nc2c(C)ccc(Cl)c2s1.Cl. The van der Waals surface area contributed by atoms with Crippen molar-refractivity contribution in [3.8, 4) is 0 Å². The molecule has 0 radical (unpaired) electrons. The van der Waals surface area contributed by atoms with Crippen molar-refractivity contribution in [2.45, 2.75) is 20.3 Å². The third-order valence-corrected chi connectivity index (χ3v) is 5.90. The molecule has 1 amide bonds. The number of anilines is 1. The molecule has 2 heterocycles. The lowest BCUT2D eigenvalue weighted by Gasteiger charge is -2.20. The van der Waals surface area contributed by atoms with E-state index >= 15 is 0 Å². The Morgan fingerprint density at radius 2 is 1.93 bits per heavy atom. The van der Waals surface area contributed by atoms with Crippen LogP contribution in [0.15, 0.2) is 18.3 Å². The summed E-state index contributed by atoms with van der Waals surface area (Å²) in [6.45, 7) is 5.36. The van der Waals surface area contributed by atoms with Crippen molar-refractivity contribution >= 4 is 56.6 Å². The molecule has 28 heavy (non-hydrogen) atoms. The number of halogens is 2. The van der Waals surface area contributed by atoms with Crippen LogP contribution in [0.3, 0.4) is 0 Å². The second-order valence-corrected chi connectivity index (χ2v) is 8.37. The van der Waals surface area contributed by atoms with E-state index in [9.17, 15) is 4.79 Å². The van der Waals surface area contributed by atoms with E-state index < -0.39 is 0 Å². The van der Waals surface area contributed by atoms with E-state index in [0.717, 1.165) is 34.3 Å². The number of nitrogens with zero attached hydrogens (tertiary/aromatic N) is 5. The maximum absolute atomic E-state index is 13.3. The zero-order chi connectivity index (χ0) is 19.7. The van der Waals surface area contributed by atoms with Gasteiger partial charge in [0, 0.05) is 25.4 Å². The van der Waals surface area contributed by atoms with Crippen LogP contribution in [0.2, 0.25) is 5.02 Å². The number of hydrogen-bond donors (Lipinski definition) is 0. The van der Waals surface area contributed by atoms with E-state index in [-0.39, 0.29) is 18.3 Å². The summed E-state index contributed by atoms with van der Waals surface area (Å²) in [5, 5.41) is 5.68. The molecule has 0 fully saturated rings. The molecule has 2 aromatic heterocycles. The lowest BCUT2D eigenvalue weighted by atomic mass is 10.2. The van der Waals surface area contributed by atoms with Gasteiger partial charge in [-0.25, -0.2) is 4.98 Å². The number of fused-ring (bicyclic) bond motifs is 1. The van der Waals surface area contributed by atoms with Crippen LogP contribution < -0.4 is 4.90 Å². The second kappa shape index (κ2) is 9.22. The van der Waals surface area contributed by atoms with Crippen molar-refractivity contribution in [3.05, 3.63) is 40.2 Å². The molecule has 0 aliphatic rings. The van der Waals surface area contributed by atoms with Crippen molar-refractivity contribution in [2.75, 3.05) is 32.1 Å². The fourth-order valence-corrected chi connectivity index (χ4v) is 4.32. The highest BCUT2D eigenvalue weighted by Crippen LogP contribution is 2.36. The molecule has 0 aliphatic carbocycles. The minimum atomic E-state index is -0.125. The first kappa shape index (κ1) is 22.6. The van der Waals surface area contributed by atoms with E-state index in [1.54, 1.807) is 9.58 Å². The minimum Gasteiger partial charge on any atom is -0.309 e. The van der Waals surface area contributed by atoms with Crippen molar-refractivity contribution in [3.63, 3.8) is 0 Å². The van der Waals surface area contributed by atoms with Gasteiger partial charge in [0.15, 0.2) is 10.8 Å². The summed E-state index contributed by atoms with van der Waals surface area (Å²) >= 11 is 7.82. The smallest absolute Gasteiger partial charge is 0.280 e. The third-order valence-electron chi connectivity index (χ3n) is 4.36. The number of aryl methyl sites for hydroxylation is 3. The predicted octanol–water partition coefficient (Wildman–Crippen LogP) is 4.32. The molecule has 0 atom stereocenters. The standard InChI is InChI=1S/C19H24ClN5OS.ClH/c1-12-7-8-14(20)17-15(12)21-19(27-17)25(10-6-9-23(3)4)18(26)16-13(2)11-24(5)22-16;/h7-8,11H,6,9-10H2,1-5H3;1H. The Labute approximate surface area is 180 Å². The molecule has 6 nitrogen and oxygen atoms in total. The first-order valence-electron chi connectivity index (χ1n) is 8.80. The normalized spacial score (nSPS) is 11.1. The summed E-state index contributed by atoms with van der Waals surface area (Å²) < 4.78 is 2.58. The van der Waals surface area contributed by atoms with Crippen molar-refractivity contribution in [1.82, 2.24) is 19.7 Å². The van der Waals surface area contributed by atoms with Crippen LogP contribution in [-0.2, 0) is 7.05 Å². The number of benzene rings is 1. The van der Waals surface area contributed by atoms with Gasteiger partial charge in [-0.05, 0) is 52.5 Å². The van der Waals surface area contributed by atoms with Crippen molar-refractivity contribution in [1.29, 1.82) is 0 Å². The molecule has 0 unspecified atom stereocenters. The molecule has 0 aliphatic heterocycles. The molecule has 3 aromatic rings. The van der Waals surface area contributed by atoms with Gasteiger partial charge in [0.2, 0.25) is 0 Å². The lowest BCUT2D eigenvalue weighted by Crippen LogP contribution is -2.34. The number of carbonyl (C=O) groups is 1. The van der Waals surface area contributed by atoms with E-state index in [4.69, 9.17) is 16.6 Å². The zero-order valence-electron chi connectivity index (χ0n) is 16.7. The van der Waals surface area contributed by atoms with E-state index in [1.165, 1.54) is 11.3 Å². The van der Waals surface area contributed by atoms with Gasteiger partial charge in [-0.2, -0.15) is 5.10 Å². The van der Waals surface area contributed by atoms with E-state index in [0.29, 0.717) is 22.4 Å². The molecule has 9 heteroatoms. The molecule has 0 N–H and O–H groups in total. The molecule has 0 saturated carbocycles.